The molecular formula is C23H15ClF3N3. The van der Waals surface area contributed by atoms with Crippen molar-refractivity contribution >= 4 is 33.4 Å². The fraction of sp³-hybridized carbons (Fsp3) is 0.0870. The second kappa shape index (κ2) is 6.64. The predicted octanol–water partition coefficient (Wildman–Crippen LogP) is 6.59. The Labute approximate surface area is 174 Å². The van der Waals surface area contributed by atoms with Gasteiger partial charge in [0.15, 0.2) is 0 Å². The first-order chi connectivity index (χ1) is 14.4. The van der Waals surface area contributed by atoms with E-state index in [2.05, 4.69) is 15.0 Å². The number of H-pyrrole nitrogens is 2. The summed E-state index contributed by atoms with van der Waals surface area (Å²) in [6.45, 7) is 0. The van der Waals surface area contributed by atoms with E-state index in [1.807, 2.05) is 48.5 Å². The normalized spacial score (nSPS) is 12.7. The van der Waals surface area contributed by atoms with E-state index in [-0.39, 0.29) is 0 Å². The van der Waals surface area contributed by atoms with Crippen molar-refractivity contribution < 1.29 is 13.2 Å². The van der Waals surface area contributed by atoms with E-state index in [1.165, 1.54) is 12.3 Å². The highest BCUT2D eigenvalue weighted by atomic mass is 35.5. The number of fused-ring (bicyclic) bond motifs is 2. The minimum atomic E-state index is -4.52. The molecule has 0 atom stereocenters. The zero-order chi connectivity index (χ0) is 20.9. The van der Waals surface area contributed by atoms with Crippen molar-refractivity contribution in [2.24, 2.45) is 0 Å². The predicted molar refractivity (Wildman–Crippen MR) is 112 cm³/mol. The lowest BCUT2D eigenvalue weighted by Crippen LogP contribution is -2.22. The summed E-state index contributed by atoms with van der Waals surface area (Å²) in [7, 11) is 0. The number of para-hydroxylation sites is 2. The van der Waals surface area contributed by atoms with Crippen LogP contribution in [0.4, 0.5) is 13.2 Å². The summed E-state index contributed by atoms with van der Waals surface area (Å²) in [6.07, 6.45) is 0.294. The van der Waals surface area contributed by atoms with Crippen LogP contribution in [0.2, 0.25) is 0 Å². The average Bonchev–Trinajstić information content (AvgIpc) is 3.38. The summed E-state index contributed by atoms with van der Waals surface area (Å²) in [4.78, 5) is 8.84. The van der Waals surface area contributed by atoms with Crippen molar-refractivity contribution in [2.45, 2.75) is 11.1 Å². The van der Waals surface area contributed by atoms with E-state index in [4.69, 9.17) is 11.6 Å². The van der Waals surface area contributed by atoms with Gasteiger partial charge in [0, 0.05) is 57.1 Å². The van der Waals surface area contributed by atoms with Crippen LogP contribution in [0.3, 0.4) is 0 Å². The molecule has 0 radical (unpaired) electrons. The zero-order valence-corrected chi connectivity index (χ0v) is 16.2. The van der Waals surface area contributed by atoms with Gasteiger partial charge in [-0.25, -0.2) is 0 Å². The number of benzene rings is 2. The van der Waals surface area contributed by atoms with Gasteiger partial charge < -0.3 is 9.97 Å². The molecule has 0 aliphatic heterocycles. The molecule has 150 valence electrons. The van der Waals surface area contributed by atoms with E-state index in [1.54, 1.807) is 12.4 Å². The third-order valence-electron chi connectivity index (χ3n) is 5.37. The average molecular weight is 426 g/mol. The molecule has 30 heavy (non-hydrogen) atoms. The highest BCUT2D eigenvalue weighted by Crippen LogP contribution is 2.48. The van der Waals surface area contributed by atoms with Gasteiger partial charge in [-0.05, 0) is 18.2 Å². The number of nitrogens with one attached hydrogen (secondary N) is 2. The maximum absolute atomic E-state index is 13.1. The van der Waals surface area contributed by atoms with Gasteiger partial charge >= 0.3 is 6.18 Å². The Hall–Kier alpha value is -3.25. The fourth-order valence-corrected chi connectivity index (χ4v) is 4.36. The van der Waals surface area contributed by atoms with Gasteiger partial charge in [0.25, 0.3) is 0 Å². The Balaban J connectivity index is 1.80. The number of aromatic amines is 2. The minimum Gasteiger partial charge on any atom is -0.361 e. The van der Waals surface area contributed by atoms with Gasteiger partial charge in [-0.2, -0.15) is 13.2 Å². The maximum Gasteiger partial charge on any atom is 0.433 e. The van der Waals surface area contributed by atoms with Crippen LogP contribution in [0.1, 0.15) is 22.4 Å². The molecule has 3 heterocycles. The SMILES string of the molecule is FC(F)(F)c1ccc(C(Cl)(c2c[nH]c3ccccc23)c2c[nH]c3ccccc23)cn1. The first-order valence-electron chi connectivity index (χ1n) is 9.25. The number of aromatic nitrogens is 3. The Morgan fingerprint density at radius 3 is 1.73 bits per heavy atom. The molecule has 3 aromatic heterocycles. The third-order valence-corrected chi connectivity index (χ3v) is 6.00. The van der Waals surface area contributed by atoms with Gasteiger partial charge in [0.1, 0.15) is 10.6 Å². The lowest BCUT2D eigenvalue weighted by atomic mass is 9.84. The van der Waals surface area contributed by atoms with Crippen LogP contribution < -0.4 is 0 Å². The summed E-state index contributed by atoms with van der Waals surface area (Å²) in [5.41, 5.74) is 2.75. The molecule has 2 N–H and O–H groups in total. The highest BCUT2D eigenvalue weighted by molar-refractivity contribution is 6.30. The number of alkyl halides is 4. The van der Waals surface area contributed by atoms with Crippen LogP contribution in [0.5, 0.6) is 0 Å². The third kappa shape index (κ3) is 2.79. The molecule has 2 aromatic carbocycles. The molecule has 3 nitrogen and oxygen atoms in total. The molecule has 0 aliphatic rings. The zero-order valence-electron chi connectivity index (χ0n) is 15.5. The molecule has 0 fully saturated rings. The van der Waals surface area contributed by atoms with Gasteiger partial charge in [-0.1, -0.05) is 42.5 Å². The number of rotatable bonds is 3. The molecule has 0 saturated carbocycles. The van der Waals surface area contributed by atoms with Crippen LogP contribution in [0, 0.1) is 0 Å². The summed E-state index contributed by atoms with van der Waals surface area (Å²) < 4.78 is 39.2. The minimum absolute atomic E-state index is 0.451. The number of hydrogen-bond donors (Lipinski definition) is 2. The van der Waals surface area contributed by atoms with E-state index in [0.29, 0.717) is 5.56 Å². The number of nitrogens with zero attached hydrogens (tertiary/aromatic N) is 1. The van der Waals surface area contributed by atoms with Gasteiger partial charge in [-0.3, -0.25) is 4.98 Å². The van der Waals surface area contributed by atoms with Crippen LogP contribution in [0.25, 0.3) is 21.8 Å². The number of halogens is 4. The van der Waals surface area contributed by atoms with Crippen LogP contribution in [0.15, 0.2) is 79.3 Å². The summed E-state index contributed by atoms with van der Waals surface area (Å²) in [5.74, 6) is 0. The number of hydrogen-bond acceptors (Lipinski definition) is 1. The summed E-state index contributed by atoms with van der Waals surface area (Å²) >= 11 is 7.36. The molecule has 5 rings (SSSR count). The summed E-state index contributed by atoms with van der Waals surface area (Å²) in [6, 6.07) is 17.7. The summed E-state index contributed by atoms with van der Waals surface area (Å²) in [5, 5.41) is 1.77. The topological polar surface area (TPSA) is 44.5 Å². The Morgan fingerprint density at radius 1 is 0.733 bits per heavy atom. The van der Waals surface area contributed by atoms with Crippen molar-refractivity contribution in [3.05, 3.63) is 102 Å². The standard InChI is InChI=1S/C23H15ClF3N3/c24-22(14-9-10-21(30-11-14)23(25,26)27,17-12-28-19-7-3-1-5-15(17)19)18-13-29-20-8-4-2-6-16(18)20/h1-13,28-29H. The fourth-order valence-electron chi connectivity index (χ4n) is 3.93. The van der Waals surface area contributed by atoms with E-state index >= 15 is 0 Å². The van der Waals surface area contributed by atoms with Crippen molar-refractivity contribution in [1.29, 1.82) is 0 Å². The van der Waals surface area contributed by atoms with Gasteiger partial charge in [0.2, 0.25) is 0 Å². The first kappa shape index (κ1) is 18.8. The second-order valence-corrected chi connectivity index (χ2v) is 7.65. The molecule has 5 aromatic rings. The van der Waals surface area contributed by atoms with Crippen molar-refractivity contribution in [3.8, 4) is 0 Å². The Bertz CT molecular complexity index is 1280. The monoisotopic (exact) mass is 425 g/mol. The van der Waals surface area contributed by atoms with Crippen LogP contribution >= 0.6 is 11.6 Å². The quantitative estimate of drug-likeness (QED) is 0.314. The highest BCUT2D eigenvalue weighted by Gasteiger charge is 2.40. The van der Waals surface area contributed by atoms with Crippen molar-refractivity contribution in [3.63, 3.8) is 0 Å². The van der Waals surface area contributed by atoms with Crippen molar-refractivity contribution in [1.82, 2.24) is 15.0 Å². The lowest BCUT2D eigenvalue weighted by Gasteiger charge is -2.28. The number of pyridine rings is 1. The lowest BCUT2D eigenvalue weighted by molar-refractivity contribution is -0.141. The molecule has 0 unspecified atom stereocenters. The molecule has 0 aliphatic carbocycles. The molecule has 7 heteroatoms. The van der Waals surface area contributed by atoms with E-state index in [9.17, 15) is 13.2 Å². The maximum atomic E-state index is 13.1. The van der Waals surface area contributed by atoms with Crippen molar-refractivity contribution in [2.75, 3.05) is 0 Å². The van der Waals surface area contributed by atoms with Gasteiger partial charge in [-0.15, -0.1) is 11.6 Å². The van der Waals surface area contributed by atoms with E-state index in [0.717, 1.165) is 39.0 Å². The smallest absolute Gasteiger partial charge is 0.361 e. The molecule has 0 spiro atoms. The van der Waals surface area contributed by atoms with Crippen LogP contribution in [-0.2, 0) is 11.1 Å². The molecule has 0 bridgehead atoms. The van der Waals surface area contributed by atoms with Gasteiger partial charge in [0.05, 0.1) is 0 Å². The second-order valence-electron chi connectivity index (χ2n) is 7.08. The molecule has 0 saturated heterocycles. The molecule has 0 amide bonds. The Kier molecular flexibility index (Phi) is 4.15. The van der Waals surface area contributed by atoms with Crippen LogP contribution in [-0.4, -0.2) is 15.0 Å². The first-order valence-corrected chi connectivity index (χ1v) is 9.62. The Morgan fingerprint density at radius 2 is 1.27 bits per heavy atom. The molecular weight excluding hydrogens is 411 g/mol. The largest absolute Gasteiger partial charge is 0.433 e. The van der Waals surface area contributed by atoms with E-state index < -0.39 is 16.7 Å².